The van der Waals surface area contributed by atoms with Gasteiger partial charge in [-0.1, -0.05) is 30.3 Å². The maximum Gasteiger partial charge on any atom is 0.151 e. The minimum atomic E-state index is 1.05. The number of benzene rings is 2. The van der Waals surface area contributed by atoms with E-state index >= 15 is 0 Å². The molecule has 98 valence electrons. The monoisotopic (exact) mass is 278 g/mol. The lowest BCUT2D eigenvalue weighted by atomic mass is 10.1. The molecule has 2 heterocycles. The highest BCUT2D eigenvalue weighted by atomic mass is 32.1. The van der Waals surface area contributed by atoms with E-state index in [9.17, 15) is 0 Å². The van der Waals surface area contributed by atoms with Crippen LogP contribution < -0.4 is 0 Å². The quantitative estimate of drug-likeness (QED) is 0.490. The van der Waals surface area contributed by atoms with Crippen molar-refractivity contribution in [2.45, 2.75) is 6.92 Å². The van der Waals surface area contributed by atoms with Crippen LogP contribution in [0.3, 0.4) is 0 Å². The van der Waals surface area contributed by atoms with Crippen LogP contribution in [0, 0.1) is 6.92 Å². The second-order valence-corrected chi connectivity index (χ2v) is 6.35. The third kappa shape index (κ3) is 1.60. The smallest absolute Gasteiger partial charge is 0.151 e. The van der Waals surface area contributed by atoms with E-state index in [2.05, 4.69) is 67.1 Å². The maximum absolute atomic E-state index is 4.90. The van der Waals surface area contributed by atoms with Crippen molar-refractivity contribution in [3.8, 4) is 10.7 Å². The first-order valence-corrected chi connectivity index (χ1v) is 7.47. The van der Waals surface area contributed by atoms with Gasteiger partial charge in [0.25, 0.3) is 0 Å². The molecule has 0 saturated carbocycles. The average molecular weight is 278 g/mol. The molecule has 0 fully saturated rings. The number of aromatic nitrogens is 2. The Morgan fingerprint density at radius 3 is 2.65 bits per heavy atom. The molecule has 2 aromatic heterocycles. The van der Waals surface area contributed by atoms with Gasteiger partial charge in [-0.25, -0.2) is 4.98 Å². The van der Waals surface area contributed by atoms with Crippen molar-refractivity contribution in [1.82, 2.24) is 9.55 Å². The molecular formula is C17H14N2S. The van der Waals surface area contributed by atoms with E-state index in [0.29, 0.717) is 0 Å². The fourth-order valence-electron chi connectivity index (χ4n) is 2.70. The van der Waals surface area contributed by atoms with Gasteiger partial charge >= 0.3 is 0 Å². The molecule has 0 unspecified atom stereocenters. The molecule has 0 N–H and O–H groups in total. The summed E-state index contributed by atoms with van der Waals surface area (Å²) >= 11 is 1.79. The van der Waals surface area contributed by atoms with Gasteiger partial charge in [-0.05, 0) is 30.5 Å². The van der Waals surface area contributed by atoms with E-state index in [4.69, 9.17) is 4.98 Å². The summed E-state index contributed by atoms with van der Waals surface area (Å²) in [5.41, 5.74) is 2.27. The van der Waals surface area contributed by atoms with Gasteiger partial charge in [0.05, 0.1) is 15.9 Å². The number of hydrogen-bond acceptors (Lipinski definition) is 2. The van der Waals surface area contributed by atoms with Gasteiger partial charge in [0.1, 0.15) is 0 Å². The average Bonchev–Trinajstić information content (AvgIpc) is 3.03. The minimum Gasteiger partial charge on any atom is -0.326 e. The SMILES string of the molecule is Cc1ccc(-c2nc3c4ccccc4ccc3n2C)s1. The Morgan fingerprint density at radius 1 is 1.00 bits per heavy atom. The van der Waals surface area contributed by atoms with E-state index in [1.54, 1.807) is 11.3 Å². The van der Waals surface area contributed by atoms with Crippen molar-refractivity contribution in [3.63, 3.8) is 0 Å². The highest BCUT2D eigenvalue weighted by molar-refractivity contribution is 7.15. The van der Waals surface area contributed by atoms with Gasteiger partial charge in [0.2, 0.25) is 0 Å². The van der Waals surface area contributed by atoms with Crippen LogP contribution in [0.5, 0.6) is 0 Å². The van der Waals surface area contributed by atoms with E-state index in [1.165, 1.54) is 26.0 Å². The lowest BCUT2D eigenvalue weighted by molar-refractivity contribution is 0.963. The highest BCUT2D eigenvalue weighted by Crippen LogP contribution is 2.32. The second kappa shape index (κ2) is 4.18. The Morgan fingerprint density at radius 2 is 1.85 bits per heavy atom. The number of hydrogen-bond donors (Lipinski definition) is 0. The topological polar surface area (TPSA) is 17.8 Å². The number of thiophene rings is 1. The number of fused-ring (bicyclic) bond motifs is 3. The summed E-state index contributed by atoms with van der Waals surface area (Å²) in [7, 11) is 2.09. The Kier molecular flexibility index (Phi) is 2.44. The Hall–Kier alpha value is -2.13. The van der Waals surface area contributed by atoms with E-state index in [1.807, 2.05) is 0 Å². The highest BCUT2D eigenvalue weighted by Gasteiger charge is 2.13. The third-order valence-electron chi connectivity index (χ3n) is 3.74. The summed E-state index contributed by atoms with van der Waals surface area (Å²) in [6.07, 6.45) is 0. The van der Waals surface area contributed by atoms with Gasteiger partial charge in [-0.3, -0.25) is 0 Å². The fourth-order valence-corrected chi connectivity index (χ4v) is 3.59. The van der Waals surface area contributed by atoms with Crippen LogP contribution >= 0.6 is 11.3 Å². The van der Waals surface area contributed by atoms with Gasteiger partial charge in [0, 0.05) is 17.3 Å². The molecule has 0 spiro atoms. The molecule has 0 aliphatic rings. The lowest BCUT2D eigenvalue weighted by Gasteiger charge is -2.00. The molecule has 0 aliphatic carbocycles. The molecule has 0 aliphatic heterocycles. The molecule has 2 nitrogen and oxygen atoms in total. The van der Waals surface area contributed by atoms with E-state index < -0.39 is 0 Å². The van der Waals surface area contributed by atoms with Crippen molar-refractivity contribution < 1.29 is 0 Å². The molecule has 0 saturated heterocycles. The zero-order valence-electron chi connectivity index (χ0n) is 11.4. The largest absolute Gasteiger partial charge is 0.326 e. The van der Waals surface area contributed by atoms with Crippen molar-refractivity contribution >= 4 is 33.1 Å². The molecule has 3 heteroatoms. The summed E-state index contributed by atoms with van der Waals surface area (Å²) in [4.78, 5) is 7.44. The summed E-state index contributed by atoms with van der Waals surface area (Å²) in [6.45, 7) is 2.13. The van der Waals surface area contributed by atoms with Crippen LogP contribution in [0.2, 0.25) is 0 Å². The standard InChI is InChI=1S/C17H14N2S/c1-11-7-10-15(20-11)17-18-16-13-6-4-3-5-12(13)8-9-14(16)19(17)2/h3-10H,1-2H3. The van der Waals surface area contributed by atoms with E-state index in [-0.39, 0.29) is 0 Å². The normalized spacial score (nSPS) is 11.5. The molecule has 0 atom stereocenters. The van der Waals surface area contributed by atoms with Crippen molar-refractivity contribution in [1.29, 1.82) is 0 Å². The van der Waals surface area contributed by atoms with Crippen molar-refractivity contribution in [2.24, 2.45) is 7.05 Å². The number of imidazole rings is 1. The van der Waals surface area contributed by atoms with Crippen LogP contribution in [0.4, 0.5) is 0 Å². The van der Waals surface area contributed by atoms with Crippen LogP contribution in [0.1, 0.15) is 4.88 Å². The summed E-state index contributed by atoms with van der Waals surface area (Å²) in [6, 6.07) is 17.1. The number of aryl methyl sites for hydroxylation is 2. The third-order valence-corrected chi connectivity index (χ3v) is 4.73. The van der Waals surface area contributed by atoms with Crippen LogP contribution in [-0.2, 0) is 7.05 Å². The molecule has 20 heavy (non-hydrogen) atoms. The van der Waals surface area contributed by atoms with Gasteiger partial charge < -0.3 is 4.57 Å². The first-order valence-electron chi connectivity index (χ1n) is 6.65. The predicted octanol–water partition coefficient (Wildman–Crippen LogP) is 4.76. The summed E-state index contributed by atoms with van der Waals surface area (Å²) in [5.74, 6) is 1.05. The van der Waals surface area contributed by atoms with Crippen molar-refractivity contribution in [2.75, 3.05) is 0 Å². The zero-order chi connectivity index (χ0) is 13.7. The predicted molar refractivity (Wildman–Crippen MR) is 86.3 cm³/mol. The van der Waals surface area contributed by atoms with Crippen LogP contribution in [0.25, 0.3) is 32.5 Å². The second-order valence-electron chi connectivity index (χ2n) is 5.06. The Labute approximate surface area is 121 Å². The molecule has 4 aromatic rings. The molecule has 0 amide bonds. The first-order chi connectivity index (χ1) is 9.74. The number of nitrogens with zero attached hydrogens (tertiary/aromatic N) is 2. The Balaban J connectivity index is 2.09. The first kappa shape index (κ1) is 11.7. The Bertz CT molecular complexity index is 931. The molecule has 4 rings (SSSR count). The molecule has 0 radical (unpaired) electrons. The van der Waals surface area contributed by atoms with Crippen molar-refractivity contribution in [3.05, 3.63) is 53.4 Å². The van der Waals surface area contributed by atoms with Gasteiger partial charge in [0.15, 0.2) is 5.82 Å². The number of rotatable bonds is 1. The molecule has 0 bridgehead atoms. The maximum atomic E-state index is 4.90. The van der Waals surface area contributed by atoms with Crippen LogP contribution in [0.15, 0.2) is 48.5 Å². The fraction of sp³-hybridized carbons (Fsp3) is 0.118. The summed E-state index contributed by atoms with van der Waals surface area (Å²) < 4.78 is 2.19. The summed E-state index contributed by atoms with van der Waals surface area (Å²) in [5, 5.41) is 2.46. The van der Waals surface area contributed by atoms with Gasteiger partial charge in [-0.2, -0.15) is 0 Å². The molecule has 2 aromatic carbocycles. The minimum absolute atomic E-state index is 1.05. The molecular weight excluding hydrogens is 264 g/mol. The zero-order valence-corrected chi connectivity index (χ0v) is 12.2. The van der Waals surface area contributed by atoms with Gasteiger partial charge in [-0.15, -0.1) is 11.3 Å². The van der Waals surface area contributed by atoms with E-state index in [0.717, 1.165) is 11.3 Å². The lowest BCUT2D eigenvalue weighted by Crippen LogP contribution is -1.90. The van der Waals surface area contributed by atoms with Crippen LogP contribution in [-0.4, -0.2) is 9.55 Å².